The third-order valence-corrected chi connectivity index (χ3v) is 5.29. The minimum atomic E-state index is -0.344. The second kappa shape index (κ2) is 6.49. The van der Waals surface area contributed by atoms with Gasteiger partial charge in [0.25, 0.3) is 5.91 Å². The molecule has 0 atom stereocenters. The monoisotopic (exact) mass is 353 g/mol. The summed E-state index contributed by atoms with van der Waals surface area (Å²) in [5.74, 6) is -0.806. The molecule has 3 amide bonds. The van der Waals surface area contributed by atoms with Gasteiger partial charge in [-0.1, -0.05) is 0 Å². The molecule has 0 bridgehead atoms. The number of nitriles is 1. The first-order valence-corrected chi connectivity index (χ1v) is 8.51. The lowest BCUT2D eigenvalue weighted by molar-refractivity contribution is -0.121. The van der Waals surface area contributed by atoms with Gasteiger partial charge in [-0.15, -0.1) is 11.3 Å². The summed E-state index contributed by atoms with van der Waals surface area (Å²) in [5.41, 5.74) is 2.19. The molecule has 1 N–H and O–H groups in total. The van der Waals surface area contributed by atoms with Crippen molar-refractivity contribution >= 4 is 39.7 Å². The van der Waals surface area contributed by atoms with E-state index in [1.807, 2.05) is 13.8 Å². The zero-order chi connectivity index (χ0) is 18.1. The minimum absolute atomic E-state index is 0.217. The smallest absolute Gasteiger partial charge is 0.256 e. The van der Waals surface area contributed by atoms with Gasteiger partial charge in [-0.2, -0.15) is 5.26 Å². The van der Waals surface area contributed by atoms with E-state index in [2.05, 4.69) is 11.4 Å². The SMILES string of the molecule is Cc1sc(NC(=O)c2ccc(N3C(=O)CCC3=O)cc2)c(C#N)c1C. The van der Waals surface area contributed by atoms with Crippen molar-refractivity contribution in [2.45, 2.75) is 26.7 Å². The van der Waals surface area contributed by atoms with Crippen LogP contribution in [0, 0.1) is 25.2 Å². The molecule has 0 aliphatic carbocycles. The zero-order valence-corrected chi connectivity index (χ0v) is 14.6. The number of thiophene rings is 1. The van der Waals surface area contributed by atoms with E-state index in [0.717, 1.165) is 15.3 Å². The van der Waals surface area contributed by atoms with Gasteiger partial charge in [0.15, 0.2) is 0 Å². The third-order valence-electron chi connectivity index (χ3n) is 4.16. The number of amides is 3. The molecule has 3 rings (SSSR count). The number of hydrogen-bond donors (Lipinski definition) is 1. The maximum atomic E-state index is 12.4. The van der Waals surface area contributed by atoms with Crippen molar-refractivity contribution in [2.24, 2.45) is 0 Å². The number of nitrogens with zero attached hydrogens (tertiary/aromatic N) is 2. The van der Waals surface area contributed by atoms with Crippen LogP contribution < -0.4 is 10.2 Å². The van der Waals surface area contributed by atoms with Crippen molar-refractivity contribution in [1.82, 2.24) is 0 Å². The highest BCUT2D eigenvalue weighted by molar-refractivity contribution is 7.16. The number of hydrogen-bond acceptors (Lipinski definition) is 5. The molecule has 2 aromatic rings. The molecule has 0 radical (unpaired) electrons. The summed E-state index contributed by atoms with van der Waals surface area (Å²) in [5, 5.41) is 12.5. The van der Waals surface area contributed by atoms with E-state index in [1.165, 1.54) is 11.3 Å². The van der Waals surface area contributed by atoms with E-state index in [-0.39, 0.29) is 30.6 Å². The topological polar surface area (TPSA) is 90.3 Å². The number of benzene rings is 1. The van der Waals surface area contributed by atoms with Gasteiger partial charge in [0.1, 0.15) is 11.1 Å². The maximum absolute atomic E-state index is 12.4. The highest BCUT2D eigenvalue weighted by Crippen LogP contribution is 2.32. The van der Waals surface area contributed by atoms with Crippen LogP contribution in [0.5, 0.6) is 0 Å². The Morgan fingerprint density at radius 2 is 1.76 bits per heavy atom. The van der Waals surface area contributed by atoms with Gasteiger partial charge in [-0.3, -0.25) is 19.3 Å². The van der Waals surface area contributed by atoms with Crippen LogP contribution in [0.3, 0.4) is 0 Å². The summed E-state index contributed by atoms with van der Waals surface area (Å²) in [6, 6.07) is 8.38. The first-order chi connectivity index (χ1) is 11.9. The lowest BCUT2D eigenvalue weighted by Gasteiger charge is -2.14. The molecule has 0 unspecified atom stereocenters. The largest absolute Gasteiger partial charge is 0.312 e. The number of carbonyl (C=O) groups is 3. The summed E-state index contributed by atoms with van der Waals surface area (Å²) in [6.07, 6.45) is 0.435. The summed E-state index contributed by atoms with van der Waals surface area (Å²) >= 11 is 1.36. The van der Waals surface area contributed by atoms with E-state index >= 15 is 0 Å². The highest BCUT2D eigenvalue weighted by Gasteiger charge is 2.30. The van der Waals surface area contributed by atoms with Crippen LogP contribution in [-0.4, -0.2) is 17.7 Å². The van der Waals surface area contributed by atoms with Crippen molar-refractivity contribution < 1.29 is 14.4 Å². The molecule has 126 valence electrons. The van der Waals surface area contributed by atoms with Crippen LogP contribution in [0.15, 0.2) is 24.3 Å². The second-order valence-electron chi connectivity index (χ2n) is 5.72. The summed E-state index contributed by atoms with van der Waals surface area (Å²) < 4.78 is 0. The Morgan fingerprint density at radius 1 is 1.16 bits per heavy atom. The molecule has 2 heterocycles. The Morgan fingerprint density at radius 3 is 2.32 bits per heavy atom. The number of anilines is 2. The van der Waals surface area contributed by atoms with E-state index in [4.69, 9.17) is 0 Å². The Balaban J connectivity index is 1.80. The Labute approximate surface area is 148 Å². The molecule has 1 saturated heterocycles. The lowest BCUT2D eigenvalue weighted by atomic mass is 10.1. The lowest BCUT2D eigenvalue weighted by Crippen LogP contribution is -2.28. The van der Waals surface area contributed by atoms with Crippen LogP contribution in [-0.2, 0) is 9.59 Å². The standard InChI is InChI=1S/C18H15N3O3S/c1-10-11(2)25-18(14(10)9-19)20-17(24)12-3-5-13(6-4-12)21-15(22)7-8-16(21)23/h3-6H,7-8H2,1-2H3,(H,20,24). The van der Waals surface area contributed by atoms with E-state index in [0.29, 0.717) is 21.8 Å². The maximum Gasteiger partial charge on any atom is 0.256 e. The number of carbonyl (C=O) groups excluding carboxylic acids is 3. The molecule has 1 aliphatic heterocycles. The van der Waals surface area contributed by atoms with Gasteiger partial charge in [-0.25, -0.2) is 0 Å². The van der Waals surface area contributed by atoms with E-state index in [9.17, 15) is 19.6 Å². The first kappa shape index (κ1) is 16.9. The van der Waals surface area contributed by atoms with Gasteiger partial charge in [0.2, 0.25) is 11.8 Å². The molecule has 1 aromatic heterocycles. The van der Waals surface area contributed by atoms with Gasteiger partial charge in [-0.05, 0) is 43.7 Å². The fourth-order valence-corrected chi connectivity index (χ4v) is 3.66. The Kier molecular flexibility index (Phi) is 4.38. The van der Waals surface area contributed by atoms with Gasteiger partial charge >= 0.3 is 0 Å². The zero-order valence-electron chi connectivity index (χ0n) is 13.8. The summed E-state index contributed by atoms with van der Waals surface area (Å²) in [4.78, 5) is 38.0. The number of imide groups is 1. The van der Waals surface area contributed by atoms with Crippen molar-refractivity contribution in [1.29, 1.82) is 5.26 Å². The fourth-order valence-electron chi connectivity index (χ4n) is 2.65. The molecule has 25 heavy (non-hydrogen) atoms. The molecule has 0 spiro atoms. The van der Waals surface area contributed by atoms with Crippen LogP contribution in [0.2, 0.25) is 0 Å². The van der Waals surface area contributed by atoms with Gasteiger partial charge in [0, 0.05) is 23.3 Å². The van der Waals surface area contributed by atoms with Crippen molar-refractivity contribution in [3.05, 3.63) is 45.8 Å². The molecule has 1 aliphatic rings. The molecular formula is C18H15N3O3S. The summed E-state index contributed by atoms with van der Waals surface area (Å²) in [6.45, 7) is 3.74. The number of nitrogens with one attached hydrogen (secondary N) is 1. The minimum Gasteiger partial charge on any atom is -0.312 e. The second-order valence-corrected chi connectivity index (χ2v) is 6.95. The highest BCUT2D eigenvalue weighted by atomic mass is 32.1. The van der Waals surface area contributed by atoms with Crippen LogP contribution in [0.25, 0.3) is 0 Å². The molecule has 6 nitrogen and oxygen atoms in total. The molecule has 7 heteroatoms. The van der Waals surface area contributed by atoms with E-state index < -0.39 is 0 Å². The van der Waals surface area contributed by atoms with Crippen molar-refractivity contribution in [2.75, 3.05) is 10.2 Å². The molecule has 1 fully saturated rings. The molecule has 0 saturated carbocycles. The average Bonchev–Trinajstić information content (AvgIpc) is 3.06. The van der Waals surface area contributed by atoms with Crippen LogP contribution >= 0.6 is 11.3 Å². The van der Waals surface area contributed by atoms with Crippen LogP contribution in [0.4, 0.5) is 10.7 Å². The number of rotatable bonds is 3. The van der Waals surface area contributed by atoms with E-state index in [1.54, 1.807) is 24.3 Å². The fraction of sp³-hybridized carbons (Fsp3) is 0.222. The normalized spacial score (nSPS) is 13.9. The van der Waals surface area contributed by atoms with Crippen molar-refractivity contribution in [3.63, 3.8) is 0 Å². The number of aryl methyl sites for hydroxylation is 1. The molecular weight excluding hydrogens is 338 g/mol. The van der Waals surface area contributed by atoms with Crippen LogP contribution in [0.1, 0.15) is 39.2 Å². The first-order valence-electron chi connectivity index (χ1n) is 7.69. The quantitative estimate of drug-likeness (QED) is 0.858. The Hall–Kier alpha value is -2.98. The molecule has 1 aromatic carbocycles. The predicted octanol–water partition coefficient (Wildman–Crippen LogP) is 3.14. The van der Waals surface area contributed by atoms with Crippen molar-refractivity contribution in [3.8, 4) is 6.07 Å². The predicted molar refractivity (Wildman–Crippen MR) is 94.6 cm³/mol. The Bertz CT molecular complexity index is 906. The third kappa shape index (κ3) is 3.04. The van der Waals surface area contributed by atoms with Gasteiger partial charge in [0.05, 0.1) is 11.3 Å². The van der Waals surface area contributed by atoms with Gasteiger partial charge < -0.3 is 5.32 Å². The average molecular weight is 353 g/mol. The summed E-state index contributed by atoms with van der Waals surface area (Å²) in [7, 11) is 0.